The monoisotopic (exact) mass is 295 g/mol. The third kappa shape index (κ3) is 3.60. The second-order valence-electron chi connectivity index (χ2n) is 4.77. The molecule has 3 aromatic rings. The van der Waals surface area contributed by atoms with Gasteiger partial charge in [0.2, 0.25) is 5.95 Å². The van der Waals surface area contributed by atoms with Crippen LogP contribution in [-0.2, 0) is 13.0 Å². The Labute approximate surface area is 128 Å². The highest BCUT2D eigenvalue weighted by Gasteiger charge is 2.02. The molecule has 0 saturated heterocycles. The molecular formula is C16H17N5O. The highest BCUT2D eigenvalue weighted by Crippen LogP contribution is 2.15. The van der Waals surface area contributed by atoms with E-state index in [1.54, 1.807) is 12.5 Å². The fraction of sp³-hybridized carbons (Fsp3) is 0.188. The molecule has 0 radical (unpaired) electrons. The standard InChI is InChI=1S/C16H17N5O/c1-2-12-5-7-13(8-6-12)19-15-11-18-21-16(20-15)17-10-14-4-3-9-22-14/h3-9,11H,2,10H2,1H3,(H2,17,19,20,21). The Morgan fingerprint density at radius 2 is 2.00 bits per heavy atom. The largest absolute Gasteiger partial charge is 0.467 e. The molecule has 0 unspecified atom stereocenters. The van der Waals surface area contributed by atoms with Gasteiger partial charge in [-0.15, -0.1) is 5.10 Å². The number of anilines is 3. The Morgan fingerprint density at radius 3 is 2.73 bits per heavy atom. The number of nitrogens with one attached hydrogen (secondary N) is 2. The van der Waals surface area contributed by atoms with Crippen LogP contribution in [0.2, 0.25) is 0 Å². The van der Waals surface area contributed by atoms with Crippen LogP contribution in [0, 0.1) is 0 Å². The van der Waals surface area contributed by atoms with Gasteiger partial charge in [-0.3, -0.25) is 0 Å². The topological polar surface area (TPSA) is 75.9 Å². The minimum atomic E-state index is 0.451. The van der Waals surface area contributed by atoms with Gasteiger partial charge < -0.3 is 15.1 Å². The first-order chi connectivity index (χ1) is 10.8. The van der Waals surface area contributed by atoms with Crippen LogP contribution in [0.4, 0.5) is 17.5 Å². The number of aryl methyl sites for hydroxylation is 1. The van der Waals surface area contributed by atoms with E-state index in [0.29, 0.717) is 18.3 Å². The molecule has 0 aliphatic carbocycles. The average molecular weight is 295 g/mol. The van der Waals surface area contributed by atoms with Gasteiger partial charge in [0.05, 0.1) is 19.0 Å². The van der Waals surface area contributed by atoms with Crippen LogP contribution >= 0.6 is 0 Å². The van der Waals surface area contributed by atoms with Crippen molar-refractivity contribution in [3.05, 3.63) is 60.2 Å². The second-order valence-corrected chi connectivity index (χ2v) is 4.77. The summed E-state index contributed by atoms with van der Waals surface area (Å²) in [5.41, 5.74) is 2.27. The van der Waals surface area contributed by atoms with E-state index in [4.69, 9.17) is 4.42 Å². The number of aromatic nitrogens is 3. The van der Waals surface area contributed by atoms with E-state index in [0.717, 1.165) is 17.9 Å². The summed E-state index contributed by atoms with van der Waals surface area (Å²) in [6, 6.07) is 12.0. The Balaban J connectivity index is 1.65. The van der Waals surface area contributed by atoms with Crippen molar-refractivity contribution < 1.29 is 4.42 Å². The molecule has 1 aromatic carbocycles. The van der Waals surface area contributed by atoms with Gasteiger partial charge in [-0.25, -0.2) is 0 Å². The number of furan rings is 1. The Bertz CT molecular complexity index is 710. The van der Waals surface area contributed by atoms with Crippen molar-refractivity contribution in [2.45, 2.75) is 19.9 Å². The van der Waals surface area contributed by atoms with E-state index in [9.17, 15) is 0 Å². The van der Waals surface area contributed by atoms with Crippen molar-refractivity contribution in [2.75, 3.05) is 10.6 Å². The maximum absolute atomic E-state index is 5.25. The lowest BCUT2D eigenvalue weighted by molar-refractivity contribution is 0.517. The Kier molecular flexibility index (Phi) is 4.29. The average Bonchev–Trinajstić information content (AvgIpc) is 3.08. The molecule has 3 rings (SSSR count). The zero-order valence-electron chi connectivity index (χ0n) is 12.3. The number of nitrogens with zero attached hydrogens (tertiary/aromatic N) is 3. The summed E-state index contributed by atoms with van der Waals surface area (Å²) in [6.07, 6.45) is 4.25. The lowest BCUT2D eigenvalue weighted by Crippen LogP contribution is -2.05. The molecule has 2 heterocycles. The third-order valence-corrected chi connectivity index (χ3v) is 3.19. The summed E-state index contributed by atoms with van der Waals surface area (Å²) < 4.78 is 5.25. The van der Waals surface area contributed by atoms with Crippen molar-refractivity contribution in [2.24, 2.45) is 0 Å². The first-order valence-corrected chi connectivity index (χ1v) is 7.15. The minimum Gasteiger partial charge on any atom is -0.467 e. The summed E-state index contributed by atoms with van der Waals surface area (Å²) in [5, 5.41) is 14.2. The molecule has 2 N–H and O–H groups in total. The molecule has 112 valence electrons. The van der Waals surface area contributed by atoms with Crippen LogP contribution in [0.25, 0.3) is 0 Å². The summed E-state index contributed by atoms with van der Waals surface area (Å²) in [6.45, 7) is 2.65. The third-order valence-electron chi connectivity index (χ3n) is 3.19. The SMILES string of the molecule is CCc1ccc(Nc2cnnc(NCc3ccco3)n2)cc1. The smallest absolute Gasteiger partial charge is 0.245 e. The minimum absolute atomic E-state index is 0.451. The molecule has 0 aliphatic rings. The molecule has 0 saturated carbocycles. The predicted octanol–water partition coefficient (Wildman–Crippen LogP) is 3.38. The van der Waals surface area contributed by atoms with Gasteiger partial charge in [-0.1, -0.05) is 19.1 Å². The molecule has 0 bridgehead atoms. The summed E-state index contributed by atoms with van der Waals surface area (Å²) in [4.78, 5) is 4.37. The van der Waals surface area contributed by atoms with Crippen LogP contribution in [0.5, 0.6) is 0 Å². The normalized spacial score (nSPS) is 10.4. The Morgan fingerprint density at radius 1 is 1.14 bits per heavy atom. The van der Waals surface area contributed by atoms with Gasteiger partial charge in [-0.05, 0) is 36.2 Å². The maximum Gasteiger partial charge on any atom is 0.245 e. The number of hydrogen-bond donors (Lipinski definition) is 2. The van der Waals surface area contributed by atoms with Gasteiger partial charge in [0.15, 0.2) is 5.82 Å². The lowest BCUT2D eigenvalue weighted by Gasteiger charge is -2.07. The fourth-order valence-electron chi connectivity index (χ4n) is 1.99. The highest BCUT2D eigenvalue weighted by molar-refractivity contribution is 5.56. The van der Waals surface area contributed by atoms with E-state index in [2.05, 4.69) is 44.9 Å². The van der Waals surface area contributed by atoms with E-state index in [1.165, 1.54) is 5.56 Å². The predicted molar refractivity (Wildman–Crippen MR) is 85.0 cm³/mol. The fourth-order valence-corrected chi connectivity index (χ4v) is 1.99. The molecule has 0 atom stereocenters. The maximum atomic E-state index is 5.25. The van der Waals surface area contributed by atoms with Crippen LogP contribution in [0.1, 0.15) is 18.2 Å². The molecule has 6 heteroatoms. The van der Waals surface area contributed by atoms with Gasteiger partial charge in [0.1, 0.15) is 5.76 Å². The lowest BCUT2D eigenvalue weighted by atomic mass is 10.1. The van der Waals surface area contributed by atoms with E-state index in [1.807, 2.05) is 24.3 Å². The molecule has 0 aliphatic heterocycles. The zero-order valence-corrected chi connectivity index (χ0v) is 12.3. The van der Waals surface area contributed by atoms with Gasteiger partial charge in [-0.2, -0.15) is 10.1 Å². The van der Waals surface area contributed by atoms with E-state index in [-0.39, 0.29) is 0 Å². The molecule has 22 heavy (non-hydrogen) atoms. The van der Waals surface area contributed by atoms with Crippen LogP contribution in [0.3, 0.4) is 0 Å². The van der Waals surface area contributed by atoms with Crippen LogP contribution in [0.15, 0.2) is 53.3 Å². The van der Waals surface area contributed by atoms with E-state index >= 15 is 0 Å². The van der Waals surface area contributed by atoms with Crippen molar-refractivity contribution in [3.63, 3.8) is 0 Å². The van der Waals surface area contributed by atoms with Crippen LogP contribution < -0.4 is 10.6 Å². The molecule has 6 nitrogen and oxygen atoms in total. The second kappa shape index (κ2) is 6.71. The zero-order chi connectivity index (χ0) is 15.2. The number of rotatable bonds is 6. The summed E-state index contributed by atoms with van der Waals surface area (Å²) in [5.74, 6) is 1.91. The summed E-state index contributed by atoms with van der Waals surface area (Å²) in [7, 11) is 0. The molecule has 0 fully saturated rings. The van der Waals surface area contributed by atoms with Gasteiger partial charge in [0, 0.05) is 5.69 Å². The van der Waals surface area contributed by atoms with E-state index < -0.39 is 0 Å². The molecule has 0 amide bonds. The van der Waals surface area contributed by atoms with Crippen molar-refractivity contribution in [1.29, 1.82) is 0 Å². The van der Waals surface area contributed by atoms with Crippen molar-refractivity contribution in [3.8, 4) is 0 Å². The molecule has 2 aromatic heterocycles. The van der Waals surface area contributed by atoms with Gasteiger partial charge in [0.25, 0.3) is 0 Å². The van der Waals surface area contributed by atoms with Crippen molar-refractivity contribution in [1.82, 2.24) is 15.2 Å². The number of benzene rings is 1. The first kappa shape index (κ1) is 14.1. The Hall–Kier alpha value is -2.89. The number of hydrogen-bond acceptors (Lipinski definition) is 6. The first-order valence-electron chi connectivity index (χ1n) is 7.15. The van der Waals surface area contributed by atoms with Crippen LogP contribution in [-0.4, -0.2) is 15.2 Å². The molecule has 0 spiro atoms. The highest BCUT2D eigenvalue weighted by atomic mass is 16.3. The molecular weight excluding hydrogens is 278 g/mol. The van der Waals surface area contributed by atoms with Crippen molar-refractivity contribution >= 4 is 17.5 Å². The quantitative estimate of drug-likeness (QED) is 0.726. The summed E-state index contributed by atoms with van der Waals surface area (Å²) >= 11 is 0. The van der Waals surface area contributed by atoms with Gasteiger partial charge >= 0.3 is 0 Å².